The second kappa shape index (κ2) is 5.19. The van der Waals surface area contributed by atoms with Gasteiger partial charge in [-0.15, -0.1) is 0 Å². The minimum atomic E-state index is -0.00484. The van der Waals surface area contributed by atoms with E-state index in [1.54, 1.807) is 11.3 Å². The molecule has 0 spiro atoms. The maximum absolute atomic E-state index is 11.9. The van der Waals surface area contributed by atoms with E-state index in [9.17, 15) is 4.79 Å². The topological polar surface area (TPSA) is 38.3 Å². The zero-order valence-electron chi connectivity index (χ0n) is 10.4. The van der Waals surface area contributed by atoms with Crippen molar-refractivity contribution in [1.82, 2.24) is 5.32 Å². The van der Waals surface area contributed by atoms with Crippen LogP contribution in [0.4, 0.5) is 0 Å². The summed E-state index contributed by atoms with van der Waals surface area (Å²) < 4.78 is 5.22. The lowest BCUT2D eigenvalue weighted by Crippen LogP contribution is -2.39. The molecule has 2 rings (SSSR count). The molecule has 1 aromatic rings. The first-order valence-electron chi connectivity index (χ1n) is 5.98. The lowest BCUT2D eigenvalue weighted by Gasteiger charge is -2.25. The number of hydrogen-bond acceptors (Lipinski definition) is 3. The zero-order valence-corrected chi connectivity index (χ0v) is 11.2. The smallest absolute Gasteiger partial charge is 0.225 e. The van der Waals surface area contributed by atoms with Gasteiger partial charge in [-0.3, -0.25) is 4.79 Å². The van der Waals surface area contributed by atoms with Gasteiger partial charge in [0, 0.05) is 18.6 Å². The lowest BCUT2D eigenvalue weighted by molar-refractivity contribution is -0.125. The van der Waals surface area contributed by atoms with Crippen molar-refractivity contribution < 1.29 is 9.53 Å². The van der Waals surface area contributed by atoms with E-state index in [1.165, 1.54) is 5.56 Å². The fourth-order valence-electron chi connectivity index (χ4n) is 1.95. The maximum Gasteiger partial charge on any atom is 0.225 e. The van der Waals surface area contributed by atoms with Crippen LogP contribution >= 0.6 is 11.3 Å². The Balaban J connectivity index is 1.87. The molecule has 0 radical (unpaired) electrons. The van der Waals surface area contributed by atoms with Gasteiger partial charge < -0.3 is 10.1 Å². The monoisotopic (exact) mass is 253 g/mol. The third-order valence-corrected chi connectivity index (χ3v) is 3.99. The van der Waals surface area contributed by atoms with Gasteiger partial charge in [-0.25, -0.2) is 0 Å². The third-order valence-electron chi connectivity index (χ3n) is 3.31. The highest BCUT2D eigenvalue weighted by atomic mass is 32.1. The number of carbonyl (C=O) groups is 1. The van der Waals surface area contributed by atoms with Gasteiger partial charge in [0.1, 0.15) is 0 Å². The van der Waals surface area contributed by atoms with Gasteiger partial charge in [-0.05, 0) is 28.8 Å². The molecule has 1 aromatic heterocycles. The Morgan fingerprint density at radius 1 is 1.65 bits per heavy atom. The minimum Gasteiger partial charge on any atom is -0.381 e. The molecule has 0 aliphatic carbocycles. The highest BCUT2D eigenvalue weighted by molar-refractivity contribution is 7.08. The molecule has 4 heteroatoms. The molecular weight excluding hydrogens is 234 g/mol. The van der Waals surface area contributed by atoms with Crippen LogP contribution < -0.4 is 5.32 Å². The highest BCUT2D eigenvalue weighted by Crippen LogP contribution is 2.24. The van der Waals surface area contributed by atoms with E-state index in [4.69, 9.17) is 4.74 Å². The quantitative estimate of drug-likeness (QED) is 0.893. The summed E-state index contributed by atoms with van der Waals surface area (Å²) in [5.74, 6) is 0.180. The van der Waals surface area contributed by atoms with Crippen LogP contribution in [0, 0.1) is 5.92 Å². The van der Waals surface area contributed by atoms with E-state index in [1.807, 2.05) is 0 Å². The predicted molar refractivity (Wildman–Crippen MR) is 69.3 cm³/mol. The molecule has 1 atom stereocenters. The van der Waals surface area contributed by atoms with Gasteiger partial charge in [0.05, 0.1) is 12.5 Å². The number of hydrogen-bond donors (Lipinski definition) is 1. The summed E-state index contributed by atoms with van der Waals surface area (Å²) >= 11 is 1.69. The Morgan fingerprint density at radius 3 is 3.06 bits per heavy atom. The molecular formula is C13H19NO2S. The number of carbonyl (C=O) groups excluding carboxylic acids is 1. The first-order chi connectivity index (χ1) is 8.09. The Morgan fingerprint density at radius 2 is 2.47 bits per heavy atom. The average molecular weight is 253 g/mol. The fraction of sp³-hybridized carbons (Fsp3) is 0.615. The van der Waals surface area contributed by atoms with Crippen LogP contribution in [-0.4, -0.2) is 25.7 Å². The van der Waals surface area contributed by atoms with Gasteiger partial charge in [0.2, 0.25) is 5.91 Å². The average Bonchev–Trinajstić information content (AvgIpc) is 2.97. The molecule has 0 saturated carbocycles. The first-order valence-corrected chi connectivity index (χ1v) is 6.92. The van der Waals surface area contributed by atoms with Crippen molar-refractivity contribution in [3.05, 3.63) is 22.4 Å². The molecule has 0 bridgehead atoms. The van der Waals surface area contributed by atoms with Crippen LogP contribution in [-0.2, 0) is 14.9 Å². The molecule has 1 unspecified atom stereocenters. The number of rotatable bonds is 4. The summed E-state index contributed by atoms with van der Waals surface area (Å²) in [6.07, 6.45) is 0.852. The van der Waals surface area contributed by atoms with E-state index >= 15 is 0 Å². The van der Waals surface area contributed by atoms with Crippen LogP contribution in [0.2, 0.25) is 0 Å². The van der Waals surface area contributed by atoms with Crippen molar-refractivity contribution in [1.29, 1.82) is 0 Å². The molecule has 1 aliphatic heterocycles. The van der Waals surface area contributed by atoms with E-state index in [2.05, 4.69) is 36.0 Å². The first kappa shape index (κ1) is 12.6. The second-order valence-corrected chi connectivity index (χ2v) is 5.95. The van der Waals surface area contributed by atoms with Crippen molar-refractivity contribution in [2.45, 2.75) is 25.7 Å². The summed E-state index contributed by atoms with van der Waals surface area (Å²) in [5, 5.41) is 7.26. The van der Waals surface area contributed by atoms with Crippen molar-refractivity contribution in [2.24, 2.45) is 5.92 Å². The van der Waals surface area contributed by atoms with Gasteiger partial charge in [-0.2, -0.15) is 11.3 Å². The number of ether oxygens (including phenoxy) is 1. The van der Waals surface area contributed by atoms with Gasteiger partial charge in [0.25, 0.3) is 0 Å². The molecule has 0 aromatic carbocycles. The lowest BCUT2D eigenvalue weighted by atomic mass is 9.86. The minimum absolute atomic E-state index is 0.00484. The van der Waals surface area contributed by atoms with Crippen LogP contribution in [0.15, 0.2) is 16.8 Å². The normalized spacial score (nSPS) is 20.5. The number of amides is 1. The largest absolute Gasteiger partial charge is 0.381 e. The summed E-state index contributed by atoms with van der Waals surface area (Å²) in [5.41, 5.74) is 1.28. The Hall–Kier alpha value is -0.870. The summed E-state index contributed by atoms with van der Waals surface area (Å²) in [6.45, 7) is 6.27. The Labute approximate surface area is 106 Å². The molecule has 2 heterocycles. The molecule has 1 saturated heterocycles. The fourth-order valence-corrected chi connectivity index (χ4v) is 2.79. The van der Waals surface area contributed by atoms with Gasteiger partial charge in [-0.1, -0.05) is 13.8 Å². The van der Waals surface area contributed by atoms with Gasteiger partial charge in [0.15, 0.2) is 0 Å². The third kappa shape index (κ3) is 3.07. The molecule has 94 valence electrons. The maximum atomic E-state index is 11.9. The summed E-state index contributed by atoms with van der Waals surface area (Å²) in [6, 6.07) is 2.12. The molecule has 1 fully saturated rings. The van der Waals surface area contributed by atoms with Crippen LogP contribution in [0.25, 0.3) is 0 Å². The highest BCUT2D eigenvalue weighted by Gasteiger charge is 2.26. The standard InChI is InChI=1S/C13H19NO2S/c1-13(2,11-4-6-17-8-11)9-14-12(15)10-3-5-16-7-10/h4,6,8,10H,3,5,7,9H2,1-2H3,(H,14,15). The van der Waals surface area contributed by atoms with Crippen molar-refractivity contribution >= 4 is 17.2 Å². The van der Waals surface area contributed by atoms with E-state index in [0.29, 0.717) is 19.8 Å². The molecule has 1 N–H and O–H groups in total. The van der Waals surface area contributed by atoms with E-state index in [-0.39, 0.29) is 17.2 Å². The van der Waals surface area contributed by atoms with Crippen molar-refractivity contribution in [3.8, 4) is 0 Å². The molecule has 17 heavy (non-hydrogen) atoms. The predicted octanol–water partition coefficient (Wildman–Crippen LogP) is 2.18. The summed E-state index contributed by atoms with van der Waals surface area (Å²) in [7, 11) is 0. The van der Waals surface area contributed by atoms with Crippen molar-refractivity contribution in [3.63, 3.8) is 0 Å². The zero-order chi connectivity index (χ0) is 12.3. The molecule has 1 aliphatic rings. The van der Waals surface area contributed by atoms with Crippen molar-refractivity contribution in [2.75, 3.05) is 19.8 Å². The Kier molecular flexibility index (Phi) is 3.84. The Bertz CT molecular complexity index is 367. The van der Waals surface area contributed by atoms with Crippen LogP contribution in [0.1, 0.15) is 25.8 Å². The molecule has 3 nitrogen and oxygen atoms in total. The second-order valence-electron chi connectivity index (χ2n) is 5.17. The SMILES string of the molecule is CC(C)(CNC(=O)C1CCOC1)c1ccsc1. The van der Waals surface area contributed by atoms with E-state index in [0.717, 1.165) is 6.42 Å². The number of nitrogens with one attached hydrogen (secondary N) is 1. The van der Waals surface area contributed by atoms with Crippen LogP contribution in [0.3, 0.4) is 0 Å². The van der Waals surface area contributed by atoms with E-state index < -0.39 is 0 Å². The van der Waals surface area contributed by atoms with Gasteiger partial charge >= 0.3 is 0 Å². The van der Waals surface area contributed by atoms with Crippen LogP contribution in [0.5, 0.6) is 0 Å². The number of thiophene rings is 1. The summed E-state index contributed by atoms with van der Waals surface area (Å²) in [4.78, 5) is 11.9. The molecule has 1 amide bonds.